The van der Waals surface area contributed by atoms with Gasteiger partial charge in [-0.2, -0.15) is 5.26 Å². The standard InChI is InChI=1S/C26H42O6.C13H22O2.C2H3N.2CH4/c1-10-23(8,9)18(27)32-26-13-17-11-24(15-26,19(28)30-21(2,3)4)14-25(12-17,16-26)20(29)31-22(5,6)7;1-4-13(2,3)12(14)15-11-8-9-5-6-10(11)7-9;1-2-3;;/h17H,10-16H2,1-9H3;9-11H,4-8H2,1-3H3;1H3;2*1H4. The molecule has 0 heterocycles. The van der Waals surface area contributed by atoms with Crippen molar-refractivity contribution in [3.63, 3.8) is 0 Å². The second-order valence-electron chi connectivity index (χ2n) is 19.5. The number of carbonyl (C=O) groups excluding carboxylic acids is 4. The van der Waals surface area contributed by atoms with Crippen molar-refractivity contribution in [3.05, 3.63) is 0 Å². The molecule has 6 aliphatic rings. The molecule has 0 radical (unpaired) electrons. The zero-order chi connectivity index (χ0) is 38.1. The number of rotatable bonds is 8. The van der Waals surface area contributed by atoms with Crippen LogP contribution in [0, 0.1) is 50.7 Å². The van der Waals surface area contributed by atoms with Crippen LogP contribution in [0.5, 0.6) is 0 Å². The highest BCUT2D eigenvalue weighted by Gasteiger charge is 2.71. The molecule has 6 saturated carbocycles. The fourth-order valence-corrected chi connectivity index (χ4v) is 8.94. The molecule has 6 bridgehead atoms. The predicted molar refractivity (Wildman–Crippen MR) is 205 cm³/mol. The number of hydrogen-bond acceptors (Lipinski definition) is 9. The van der Waals surface area contributed by atoms with Gasteiger partial charge in [-0.1, -0.05) is 28.7 Å². The summed E-state index contributed by atoms with van der Waals surface area (Å²) in [5.74, 6) is 0.811. The lowest BCUT2D eigenvalue weighted by Crippen LogP contribution is -2.66. The maximum atomic E-state index is 13.5. The summed E-state index contributed by atoms with van der Waals surface area (Å²) >= 11 is 0. The third kappa shape index (κ3) is 11.0. The van der Waals surface area contributed by atoms with E-state index in [0.717, 1.165) is 18.8 Å². The van der Waals surface area contributed by atoms with E-state index in [1.165, 1.54) is 26.2 Å². The quantitative estimate of drug-likeness (QED) is 0.177. The van der Waals surface area contributed by atoms with Gasteiger partial charge in [0, 0.05) is 19.8 Å². The topological polar surface area (TPSA) is 129 Å². The highest BCUT2D eigenvalue weighted by atomic mass is 16.6. The lowest BCUT2D eigenvalue weighted by molar-refractivity contribution is -0.244. The predicted octanol–water partition coefficient (Wildman–Crippen LogP) is 10.3. The number of fused-ring (bicyclic) bond motifs is 2. The fraction of sp³-hybridized carbons (Fsp3) is 0.884. The van der Waals surface area contributed by atoms with E-state index in [0.29, 0.717) is 50.9 Å². The lowest BCUT2D eigenvalue weighted by Gasteiger charge is -2.63. The van der Waals surface area contributed by atoms with E-state index in [9.17, 15) is 19.2 Å². The van der Waals surface area contributed by atoms with E-state index in [-0.39, 0.29) is 56.2 Å². The van der Waals surface area contributed by atoms with Gasteiger partial charge in [-0.05, 0) is 151 Å². The molecule has 0 amide bonds. The van der Waals surface area contributed by atoms with Crippen molar-refractivity contribution in [2.24, 2.45) is 39.4 Å². The SMILES string of the molecule is C.C.CC#N.CCC(C)(C)C(=O)OC12CC3CC(C(=O)OC(C)(C)C)(C1)CC(C(=O)OC(C)(C)C)(C3)C2.CCC(C)(C)C(=O)OC1CC2CCC1C2. The molecule has 0 aromatic carbocycles. The molecule has 0 spiro atoms. The van der Waals surface area contributed by atoms with Gasteiger partial charge >= 0.3 is 23.9 Å². The Balaban J connectivity index is 0.000000565. The monoisotopic (exact) mass is 734 g/mol. The Hall–Kier alpha value is -2.63. The van der Waals surface area contributed by atoms with Crippen molar-refractivity contribution in [1.29, 1.82) is 5.26 Å². The Morgan fingerprint density at radius 1 is 0.673 bits per heavy atom. The molecule has 6 aliphatic carbocycles. The first kappa shape index (κ1) is 47.4. The van der Waals surface area contributed by atoms with Crippen LogP contribution in [0.15, 0.2) is 0 Å². The second-order valence-corrected chi connectivity index (χ2v) is 19.5. The molecule has 0 aromatic heterocycles. The van der Waals surface area contributed by atoms with Gasteiger partial charge in [-0.15, -0.1) is 0 Å². The van der Waals surface area contributed by atoms with Crippen LogP contribution in [0.2, 0.25) is 0 Å². The van der Waals surface area contributed by atoms with Gasteiger partial charge in [0.25, 0.3) is 0 Å². The Bertz CT molecular complexity index is 1270. The first-order valence-corrected chi connectivity index (χ1v) is 19.0. The van der Waals surface area contributed by atoms with Crippen LogP contribution < -0.4 is 0 Å². The van der Waals surface area contributed by atoms with E-state index in [1.54, 1.807) is 6.07 Å². The number of ether oxygens (including phenoxy) is 4. The molecule has 0 aliphatic heterocycles. The molecule has 9 nitrogen and oxygen atoms in total. The number of carbonyl (C=O) groups is 4. The molecule has 6 fully saturated rings. The fourth-order valence-electron chi connectivity index (χ4n) is 8.94. The average molecular weight is 734 g/mol. The van der Waals surface area contributed by atoms with E-state index in [4.69, 9.17) is 24.2 Å². The zero-order valence-corrected chi connectivity index (χ0v) is 33.5. The summed E-state index contributed by atoms with van der Waals surface area (Å²) in [5.41, 5.74) is -4.69. The van der Waals surface area contributed by atoms with Crippen LogP contribution in [0.25, 0.3) is 0 Å². The summed E-state index contributed by atoms with van der Waals surface area (Å²) in [7, 11) is 0. The van der Waals surface area contributed by atoms with Crippen molar-refractivity contribution in [2.45, 2.75) is 205 Å². The molecule has 0 saturated heterocycles. The molecule has 0 aromatic rings. The Morgan fingerprint density at radius 3 is 1.48 bits per heavy atom. The zero-order valence-electron chi connectivity index (χ0n) is 33.5. The highest BCUT2D eigenvalue weighted by Crippen LogP contribution is 2.68. The third-order valence-corrected chi connectivity index (χ3v) is 11.8. The minimum Gasteiger partial charge on any atom is -0.462 e. The van der Waals surface area contributed by atoms with Gasteiger partial charge in [0.2, 0.25) is 0 Å². The van der Waals surface area contributed by atoms with Gasteiger partial charge < -0.3 is 18.9 Å². The molecule has 300 valence electrons. The third-order valence-electron chi connectivity index (χ3n) is 11.8. The minimum atomic E-state index is -0.837. The van der Waals surface area contributed by atoms with E-state index >= 15 is 0 Å². The first-order chi connectivity index (χ1) is 22.8. The number of nitrogens with zero attached hydrogens (tertiary/aromatic N) is 1. The number of hydrogen-bond donors (Lipinski definition) is 0. The van der Waals surface area contributed by atoms with Gasteiger partial charge in [0.05, 0.1) is 27.7 Å². The van der Waals surface area contributed by atoms with Crippen molar-refractivity contribution < 1.29 is 38.1 Å². The Morgan fingerprint density at radius 2 is 1.12 bits per heavy atom. The van der Waals surface area contributed by atoms with Crippen molar-refractivity contribution in [1.82, 2.24) is 0 Å². The molecule has 9 heteroatoms. The summed E-state index contributed by atoms with van der Waals surface area (Å²) in [6, 6.07) is 1.75. The van der Waals surface area contributed by atoms with Crippen molar-refractivity contribution in [3.8, 4) is 6.07 Å². The second kappa shape index (κ2) is 16.8. The number of nitriles is 1. The summed E-state index contributed by atoms with van der Waals surface area (Å²) < 4.78 is 23.6. The molecule has 6 rings (SSSR count). The molecule has 0 N–H and O–H groups in total. The maximum Gasteiger partial charge on any atom is 0.312 e. The summed E-state index contributed by atoms with van der Waals surface area (Å²) in [5, 5.41) is 7.32. The summed E-state index contributed by atoms with van der Waals surface area (Å²) in [4.78, 5) is 52.1. The van der Waals surface area contributed by atoms with Crippen LogP contribution in [-0.4, -0.2) is 46.8 Å². The van der Waals surface area contributed by atoms with Crippen molar-refractivity contribution in [2.75, 3.05) is 0 Å². The lowest BCUT2D eigenvalue weighted by atomic mass is 9.42. The van der Waals surface area contributed by atoms with E-state index in [2.05, 4.69) is 0 Å². The van der Waals surface area contributed by atoms with Gasteiger partial charge in [0.1, 0.15) is 22.9 Å². The smallest absolute Gasteiger partial charge is 0.312 e. The normalized spacial score (nSPS) is 31.2. The Kier molecular flexibility index (Phi) is 15.3. The molecule has 52 heavy (non-hydrogen) atoms. The van der Waals surface area contributed by atoms with Gasteiger partial charge in [-0.3, -0.25) is 19.2 Å². The van der Waals surface area contributed by atoms with E-state index in [1.807, 2.05) is 83.1 Å². The summed E-state index contributed by atoms with van der Waals surface area (Å²) in [6.07, 6.45) is 10.1. The maximum absolute atomic E-state index is 13.5. The van der Waals surface area contributed by atoms with Crippen molar-refractivity contribution >= 4 is 23.9 Å². The molecular weight excluding hydrogens is 658 g/mol. The van der Waals surface area contributed by atoms with Crippen LogP contribution in [0.1, 0.15) is 182 Å². The largest absolute Gasteiger partial charge is 0.462 e. The van der Waals surface area contributed by atoms with Gasteiger partial charge in [0.15, 0.2) is 0 Å². The highest BCUT2D eigenvalue weighted by molar-refractivity contribution is 5.84. The summed E-state index contributed by atoms with van der Waals surface area (Å²) in [6.45, 7) is 24.3. The number of esters is 4. The first-order valence-electron chi connectivity index (χ1n) is 19.0. The minimum absolute atomic E-state index is 0. The van der Waals surface area contributed by atoms with Gasteiger partial charge in [-0.25, -0.2) is 0 Å². The van der Waals surface area contributed by atoms with Crippen LogP contribution in [-0.2, 0) is 38.1 Å². The molecule has 5 unspecified atom stereocenters. The Labute approximate surface area is 317 Å². The molecular formula is C43H75NO8. The molecule has 5 atom stereocenters. The van der Waals surface area contributed by atoms with Crippen LogP contribution in [0.4, 0.5) is 0 Å². The van der Waals surface area contributed by atoms with E-state index < -0.39 is 33.0 Å². The van der Waals surface area contributed by atoms with Crippen LogP contribution in [0.3, 0.4) is 0 Å². The van der Waals surface area contributed by atoms with Crippen LogP contribution >= 0.6 is 0 Å². The average Bonchev–Trinajstić information content (AvgIpc) is 3.59.